The Balaban J connectivity index is 2.24. The molecule has 0 unspecified atom stereocenters. The maximum Gasteiger partial charge on any atom is 0.242 e. The fraction of sp³-hybridized carbons (Fsp3) is 0.538. The average molecular weight is 337 g/mol. The zero-order valence-electron chi connectivity index (χ0n) is 11.2. The van der Waals surface area contributed by atoms with E-state index in [9.17, 15) is 8.42 Å². The minimum Gasteiger partial charge on any atom is -0.310 e. The Kier molecular flexibility index (Phi) is 5.31. The Morgan fingerprint density at radius 3 is 2.55 bits per heavy atom. The highest BCUT2D eigenvalue weighted by Gasteiger charge is 2.22. The zero-order valence-corrected chi connectivity index (χ0v) is 13.6. The van der Waals surface area contributed by atoms with Crippen LogP contribution >= 0.6 is 23.2 Å². The van der Waals surface area contributed by atoms with Crippen molar-refractivity contribution in [1.82, 2.24) is 10.0 Å². The van der Waals surface area contributed by atoms with Crippen molar-refractivity contribution in [1.29, 1.82) is 0 Å². The summed E-state index contributed by atoms with van der Waals surface area (Å²) in [6.07, 6.45) is 3.05. The van der Waals surface area contributed by atoms with Gasteiger partial charge in [-0.3, -0.25) is 0 Å². The molecule has 112 valence electrons. The molecule has 0 radical (unpaired) electrons. The number of hydrogen-bond acceptors (Lipinski definition) is 3. The van der Waals surface area contributed by atoms with Crippen molar-refractivity contribution < 1.29 is 8.42 Å². The van der Waals surface area contributed by atoms with Gasteiger partial charge < -0.3 is 5.32 Å². The van der Waals surface area contributed by atoms with Crippen LogP contribution in [0.2, 0.25) is 10.0 Å². The van der Waals surface area contributed by atoms with E-state index in [2.05, 4.69) is 10.0 Å². The number of sulfonamides is 1. The summed E-state index contributed by atoms with van der Waals surface area (Å²) in [6, 6.07) is 3.57. The number of benzene rings is 1. The SMILES string of the molecule is CCCNS(=O)(=O)c1cc(CNC2CC2)c(Cl)cc1Cl. The first-order chi connectivity index (χ1) is 9.44. The third kappa shape index (κ3) is 4.09. The maximum absolute atomic E-state index is 12.2. The predicted molar refractivity (Wildman–Crippen MR) is 81.8 cm³/mol. The Morgan fingerprint density at radius 2 is 1.95 bits per heavy atom. The second-order valence-corrected chi connectivity index (χ2v) is 7.48. The molecule has 0 bridgehead atoms. The van der Waals surface area contributed by atoms with Gasteiger partial charge in [-0.15, -0.1) is 0 Å². The topological polar surface area (TPSA) is 58.2 Å². The van der Waals surface area contributed by atoms with Crippen LogP contribution < -0.4 is 10.0 Å². The molecule has 0 aromatic heterocycles. The van der Waals surface area contributed by atoms with Gasteiger partial charge in [0.25, 0.3) is 0 Å². The van der Waals surface area contributed by atoms with Crippen LogP contribution in [-0.2, 0) is 16.6 Å². The molecule has 2 rings (SSSR count). The highest BCUT2D eigenvalue weighted by Crippen LogP contribution is 2.29. The van der Waals surface area contributed by atoms with Crippen molar-refractivity contribution in [3.8, 4) is 0 Å². The number of rotatable bonds is 7. The molecule has 20 heavy (non-hydrogen) atoms. The van der Waals surface area contributed by atoms with Crippen LogP contribution in [0.3, 0.4) is 0 Å². The molecule has 1 aliphatic carbocycles. The van der Waals surface area contributed by atoms with Gasteiger partial charge in [0.1, 0.15) is 4.90 Å². The standard InChI is InChI=1S/C13H18Cl2N2O2S/c1-2-5-17-20(18,19)13-6-9(8-16-10-3-4-10)11(14)7-12(13)15/h6-7,10,16-17H,2-5,8H2,1H3. The first kappa shape index (κ1) is 16.0. The third-order valence-electron chi connectivity index (χ3n) is 3.09. The number of halogens is 2. The summed E-state index contributed by atoms with van der Waals surface area (Å²) < 4.78 is 26.8. The van der Waals surface area contributed by atoms with Gasteiger partial charge in [-0.25, -0.2) is 13.1 Å². The van der Waals surface area contributed by atoms with E-state index in [-0.39, 0.29) is 9.92 Å². The molecule has 2 N–H and O–H groups in total. The molecular weight excluding hydrogens is 319 g/mol. The predicted octanol–water partition coefficient (Wildman–Crippen LogP) is 2.93. The monoisotopic (exact) mass is 336 g/mol. The van der Waals surface area contributed by atoms with Crippen LogP contribution in [-0.4, -0.2) is 21.0 Å². The quantitative estimate of drug-likeness (QED) is 0.804. The highest BCUT2D eigenvalue weighted by molar-refractivity contribution is 7.89. The van der Waals surface area contributed by atoms with E-state index < -0.39 is 10.0 Å². The third-order valence-corrected chi connectivity index (χ3v) is 5.37. The summed E-state index contributed by atoms with van der Waals surface area (Å²) >= 11 is 12.1. The molecule has 0 atom stereocenters. The summed E-state index contributed by atoms with van der Waals surface area (Å²) in [5.74, 6) is 0. The van der Waals surface area contributed by atoms with Crippen LogP contribution in [0.5, 0.6) is 0 Å². The van der Waals surface area contributed by atoms with Crippen LogP contribution in [0.15, 0.2) is 17.0 Å². The smallest absolute Gasteiger partial charge is 0.242 e. The van der Waals surface area contributed by atoms with Crippen molar-refractivity contribution in [3.05, 3.63) is 27.7 Å². The van der Waals surface area contributed by atoms with Gasteiger partial charge in [-0.1, -0.05) is 30.1 Å². The molecule has 1 saturated carbocycles. The van der Waals surface area contributed by atoms with Gasteiger partial charge in [0.2, 0.25) is 10.0 Å². The van der Waals surface area contributed by atoms with Crippen LogP contribution in [0.1, 0.15) is 31.7 Å². The lowest BCUT2D eigenvalue weighted by molar-refractivity contribution is 0.580. The van der Waals surface area contributed by atoms with Gasteiger partial charge >= 0.3 is 0 Å². The van der Waals surface area contributed by atoms with Crippen molar-refractivity contribution in [2.24, 2.45) is 0 Å². The summed E-state index contributed by atoms with van der Waals surface area (Å²) in [5.41, 5.74) is 0.750. The lowest BCUT2D eigenvalue weighted by atomic mass is 10.2. The number of nitrogens with one attached hydrogen (secondary N) is 2. The molecule has 7 heteroatoms. The van der Waals surface area contributed by atoms with Crippen molar-refractivity contribution in [2.45, 2.75) is 43.7 Å². The molecule has 1 fully saturated rings. The zero-order chi connectivity index (χ0) is 14.8. The molecule has 1 aromatic carbocycles. The Bertz CT molecular complexity index is 586. The van der Waals surface area contributed by atoms with Gasteiger partial charge in [-0.05, 0) is 37.0 Å². The second kappa shape index (κ2) is 6.62. The molecule has 1 aliphatic rings. The van der Waals surface area contributed by atoms with E-state index in [4.69, 9.17) is 23.2 Å². The van der Waals surface area contributed by atoms with Gasteiger partial charge in [0.05, 0.1) is 5.02 Å². The van der Waals surface area contributed by atoms with Crippen molar-refractivity contribution in [3.63, 3.8) is 0 Å². The fourth-order valence-corrected chi connectivity index (χ4v) is 3.76. The van der Waals surface area contributed by atoms with Crippen LogP contribution in [0.4, 0.5) is 0 Å². The van der Waals surface area contributed by atoms with E-state index in [1.54, 1.807) is 6.07 Å². The lowest BCUT2D eigenvalue weighted by Gasteiger charge is -2.12. The molecule has 0 saturated heterocycles. The fourth-order valence-electron chi connectivity index (χ4n) is 1.77. The Hall–Kier alpha value is -0.330. The summed E-state index contributed by atoms with van der Waals surface area (Å²) in [6.45, 7) is 2.84. The molecule has 0 amide bonds. The molecule has 0 spiro atoms. The lowest BCUT2D eigenvalue weighted by Crippen LogP contribution is -2.25. The first-order valence-electron chi connectivity index (χ1n) is 6.65. The highest BCUT2D eigenvalue weighted by atomic mass is 35.5. The average Bonchev–Trinajstić information content (AvgIpc) is 3.19. The van der Waals surface area contributed by atoms with Crippen molar-refractivity contribution in [2.75, 3.05) is 6.54 Å². The van der Waals surface area contributed by atoms with E-state index in [1.807, 2.05) is 6.92 Å². The number of hydrogen-bond donors (Lipinski definition) is 2. The minimum atomic E-state index is -3.58. The Labute approximate surface area is 129 Å². The molecule has 0 heterocycles. The maximum atomic E-state index is 12.2. The van der Waals surface area contributed by atoms with Gasteiger partial charge in [-0.2, -0.15) is 0 Å². The molecule has 4 nitrogen and oxygen atoms in total. The summed E-state index contributed by atoms with van der Waals surface area (Å²) in [7, 11) is -3.58. The summed E-state index contributed by atoms with van der Waals surface area (Å²) in [4.78, 5) is 0.0876. The summed E-state index contributed by atoms with van der Waals surface area (Å²) in [5, 5.41) is 3.94. The molecular formula is C13H18Cl2N2O2S. The second-order valence-electron chi connectivity index (χ2n) is 4.93. The van der Waals surface area contributed by atoms with E-state index in [1.165, 1.54) is 6.07 Å². The van der Waals surface area contributed by atoms with Crippen LogP contribution in [0, 0.1) is 0 Å². The van der Waals surface area contributed by atoms with Crippen LogP contribution in [0.25, 0.3) is 0 Å². The molecule has 0 aliphatic heterocycles. The minimum absolute atomic E-state index is 0.0876. The Morgan fingerprint density at radius 1 is 1.25 bits per heavy atom. The van der Waals surface area contributed by atoms with E-state index in [0.29, 0.717) is 24.2 Å². The van der Waals surface area contributed by atoms with Crippen molar-refractivity contribution >= 4 is 33.2 Å². The van der Waals surface area contributed by atoms with Gasteiger partial charge in [0.15, 0.2) is 0 Å². The van der Waals surface area contributed by atoms with E-state index in [0.717, 1.165) is 24.8 Å². The molecule has 1 aromatic rings. The first-order valence-corrected chi connectivity index (χ1v) is 8.89. The largest absolute Gasteiger partial charge is 0.310 e. The van der Waals surface area contributed by atoms with Gasteiger partial charge in [0, 0.05) is 24.2 Å². The normalized spacial score (nSPS) is 15.6. The van der Waals surface area contributed by atoms with E-state index >= 15 is 0 Å².